The smallest absolute Gasteiger partial charge is 0.330 e. The molecule has 2 heterocycles. The molecule has 5 aromatic rings. The second-order valence-electron chi connectivity index (χ2n) is 7.61. The number of carbonyl (C=O) groups excluding carboxylic acids is 1. The Morgan fingerprint density at radius 1 is 1.00 bits per heavy atom. The lowest BCUT2D eigenvalue weighted by molar-refractivity contribution is 0.0992. The molecule has 33 heavy (non-hydrogen) atoms. The summed E-state index contributed by atoms with van der Waals surface area (Å²) in [5.74, 6) is 0.984. The SMILES string of the molecule is Cc1c[nH]c(=O)n1-c1ccccc1NC(=O)c1ccc(COc2ccc3ccccc3c2)o1. The van der Waals surface area contributed by atoms with Crippen molar-refractivity contribution in [3.8, 4) is 11.4 Å². The van der Waals surface area contributed by atoms with Crippen molar-refractivity contribution in [1.29, 1.82) is 0 Å². The Labute approximate surface area is 189 Å². The summed E-state index contributed by atoms with van der Waals surface area (Å²) < 4.78 is 13.0. The van der Waals surface area contributed by atoms with Crippen molar-refractivity contribution in [3.63, 3.8) is 0 Å². The fraction of sp³-hybridized carbons (Fsp3) is 0.0769. The van der Waals surface area contributed by atoms with Crippen LogP contribution >= 0.6 is 0 Å². The zero-order valence-electron chi connectivity index (χ0n) is 17.9. The number of benzene rings is 3. The Bertz CT molecular complexity index is 1510. The van der Waals surface area contributed by atoms with E-state index < -0.39 is 5.91 Å². The molecule has 7 heteroatoms. The molecule has 0 bridgehead atoms. The lowest BCUT2D eigenvalue weighted by Gasteiger charge is -2.11. The summed E-state index contributed by atoms with van der Waals surface area (Å²) in [6.45, 7) is 2.00. The van der Waals surface area contributed by atoms with Gasteiger partial charge in [-0.1, -0.05) is 42.5 Å². The fourth-order valence-electron chi connectivity index (χ4n) is 3.70. The number of para-hydroxylation sites is 2. The van der Waals surface area contributed by atoms with Crippen molar-refractivity contribution < 1.29 is 13.9 Å². The zero-order chi connectivity index (χ0) is 22.8. The number of H-pyrrole nitrogens is 1. The normalized spacial score (nSPS) is 10.9. The highest BCUT2D eigenvalue weighted by atomic mass is 16.5. The van der Waals surface area contributed by atoms with Gasteiger partial charge in [-0.05, 0) is 54.1 Å². The number of nitrogens with one attached hydrogen (secondary N) is 2. The molecule has 0 unspecified atom stereocenters. The number of anilines is 1. The number of ether oxygens (including phenoxy) is 1. The lowest BCUT2D eigenvalue weighted by Crippen LogP contribution is -2.19. The van der Waals surface area contributed by atoms with Crippen LogP contribution in [0.25, 0.3) is 16.5 Å². The minimum Gasteiger partial charge on any atom is -0.486 e. The maximum Gasteiger partial charge on any atom is 0.330 e. The summed E-state index contributed by atoms with van der Waals surface area (Å²) in [5, 5.41) is 5.06. The van der Waals surface area contributed by atoms with E-state index in [0.717, 1.165) is 22.2 Å². The summed E-state index contributed by atoms with van der Waals surface area (Å²) in [6.07, 6.45) is 1.62. The van der Waals surface area contributed by atoms with E-state index in [4.69, 9.17) is 9.15 Å². The molecule has 7 nitrogen and oxygen atoms in total. The van der Waals surface area contributed by atoms with Gasteiger partial charge in [0.25, 0.3) is 5.91 Å². The number of carbonyl (C=O) groups is 1. The molecule has 164 valence electrons. The number of rotatable bonds is 6. The highest BCUT2D eigenvalue weighted by Gasteiger charge is 2.16. The van der Waals surface area contributed by atoms with Crippen molar-refractivity contribution in [2.45, 2.75) is 13.5 Å². The maximum absolute atomic E-state index is 12.8. The van der Waals surface area contributed by atoms with Crippen molar-refractivity contribution in [1.82, 2.24) is 9.55 Å². The highest BCUT2D eigenvalue weighted by molar-refractivity contribution is 6.03. The molecule has 0 aliphatic carbocycles. The average Bonchev–Trinajstić information content (AvgIpc) is 3.44. The predicted molar refractivity (Wildman–Crippen MR) is 126 cm³/mol. The highest BCUT2D eigenvalue weighted by Crippen LogP contribution is 2.23. The van der Waals surface area contributed by atoms with Crippen LogP contribution in [0.2, 0.25) is 0 Å². The number of aryl methyl sites for hydroxylation is 1. The zero-order valence-corrected chi connectivity index (χ0v) is 17.9. The number of fused-ring (bicyclic) bond motifs is 1. The molecule has 0 fully saturated rings. The van der Waals surface area contributed by atoms with Gasteiger partial charge in [-0.15, -0.1) is 0 Å². The van der Waals surface area contributed by atoms with Crippen LogP contribution in [0.3, 0.4) is 0 Å². The lowest BCUT2D eigenvalue weighted by atomic mass is 10.1. The van der Waals surface area contributed by atoms with E-state index in [1.807, 2.05) is 49.4 Å². The van der Waals surface area contributed by atoms with Gasteiger partial charge < -0.3 is 19.5 Å². The van der Waals surface area contributed by atoms with Crippen LogP contribution in [0.1, 0.15) is 22.0 Å². The van der Waals surface area contributed by atoms with Crippen LogP contribution in [0.5, 0.6) is 5.75 Å². The molecule has 0 spiro atoms. The number of imidazole rings is 1. The number of aromatic amines is 1. The number of aromatic nitrogens is 2. The second-order valence-corrected chi connectivity index (χ2v) is 7.61. The molecule has 0 saturated heterocycles. The van der Waals surface area contributed by atoms with Crippen molar-refractivity contribution in [2.75, 3.05) is 5.32 Å². The average molecular weight is 439 g/mol. The van der Waals surface area contributed by atoms with E-state index in [2.05, 4.69) is 10.3 Å². The predicted octanol–water partition coefficient (Wildman–Crippen LogP) is 5.05. The monoisotopic (exact) mass is 439 g/mol. The van der Waals surface area contributed by atoms with Crippen LogP contribution < -0.4 is 15.7 Å². The molecular weight excluding hydrogens is 418 g/mol. The van der Waals surface area contributed by atoms with Crippen LogP contribution in [0.4, 0.5) is 5.69 Å². The summed E-state index contributed by atoms with van der Waals surface area (Å²) in [5.41, 5.74) is 1.52. The fourth-order valence-corrected chi connectivity index (χ4v) is 3.70. The molecule has 0 atom stereocenters. The Morgan fingerprint density at radius 3 is 2.61 bits per heavy atom. The minimum absolute atomic E-state index is 0.153. The first-order valence-corrected chi connectivity index (χ1v) is 10.5. The van der Waals surface area contributed by atoms with Crippen molar-refractivity contribution >= 4 is 22.4 Å². The minimum atomic E-state index is -0.416. The Balaban J connectivity index is 1.29. The Kier molecular flexibility index (Phi) is 5.28. The van der Waals surface area contributed by atoms with Gasteiger partial charge >= 0.3 is 5.69 Å². The standard InChI is InChI=1S/C26H21N3O4/c1-17-15-27-26(31)29(17)23-9-5-4-8-22(23)28-25(30)24-13-12-21(33-24)16-32-20-11-10-18-6-2-3-7-19(18)14-20/h2-15H,16H2,1H3,(H,27,31)(H,28,30). The molecule has 2 N–H and O–H groups in total. The van der Waals surface area contributed by atoms with E-state index in [0.29, 0.717) is 17.1 Å². The van der Waals surface area contributed by atoms with Crippen LogP contribution in [-0.4, -0.2) is 15.5 Å². The van der Waals surface area contributed by atoms with E-state index in [1.54, 1.807) is 42.6 Å². The van der Waals surface area contributed by atoms with Gasteiger partial charge in [-0.2, -0.15) is 0 Å². The number of furan rings is 1. The molecule has 0 radical (unpaired) electrons. The first-order valence-electron chi connectivity index (χ1n) is 10.5. The van der Waals surface area contributed by atoms with Crippen LogP contribution in [0.15, 0.2) is 94.3 Å². The summed E-state index contributed by atoms with van der Waals surface area (Å²) >= 11 is 0. The molecule has 0 aliphatic heterocycles. The maximum atomic E-state index is 12.8. The van der Waals surface area contributed by atoms with Gasteiger partial charge in [0.1, 0.15) is 18.1 Å². The van der Waals surface area contributed by atoms with Crippen molar-refractivity contribution in [2.24, 2.45) is 0 Å². The van der Waals surface area contributed by atoms with E-state index >= 15 is 0 Å². The van der Waals surface area contributed by atoms with Gasteiger partial charge in [-0.25, -0.2) is 4.79 Å². The molecule has 5 rings (SSSR count). The van der Waals surface area contributed by atoms with E-state index in [-0.39, 0.29) is 18.1 Å². The first-order chi connectivity index (χ1) is 16.1. The Morgan fingerprint density at radius 2 is 1.79 bits per heavy atom. The van der Waals surface area contributed by atoms with Gasteiger partial charge in [-0.3, -0.25) is 9.36 Å². The summed E-state index contributed by atoms with van der Waals surface area (Å²) in [7, 11) is 0. The second kappa shape index (κ2) is 8.55. The third kappa shape index (κ3) is 4.16. The van der Waals surface area contributed by atoms with Gasteiger partial charge in [0.2, 0.25) is 0 Å². The third-order valence-electron chi connectivity index (χ3n) is 5.34. The molecular formula is C26H21N3O4. The molecule has 2 aromatic heterocycles. The van der Waals surface area contributed by atoms with Crippen molar-refractivity contribution in [3.05, 3.63) is 113 Å². The summed E-state index contributed by atoms with van der Waals surface area (Å²) in [4.78, 5) is 27.6. The van der Waals surface area contributed by atoms with E-state index in [1.165, 1.54) is 4.57 Å². The Hall–Kier alpha value is -4.52. The first kappa shape index (κ1) is 20.4. The number of amides is 1. The molecule has 1 amide bonds. The summed E-state index contributed by atoms with van der Waals surface area (Å²) in [6, 6.07) is 24.3. The number of hydrogen-bond acceptors (Lipinski definition) is 4. The van der Waals surface area contributed by atoms with E-state index in [9.17, 15) is 9.59 Å². The largest absolute Gasteiger partial charge is 0.486 e. The van der Waals surface area contributed by atoms with Crippen LogP contribution in [-0.2, 0) is 6.61 Å². The number of nitrogens with zero attached hydrogens (tertiary/aromatic N) is 1. The molecule has 0 aliphatic rings. The number of hydrogen-bond donors (Lipinski definition) is 2. The quantitative estimate of drug-likeness (QED) is 0.387. The van der Waals surface area contributed by atoms with Gasteiger partial charge in [0.05, 0.1) is 11.4 Å². The third-order valence-corrected chi connectivity index (χ3v) is 5.34. The van der Waals surface area contributed by atoms with Crippen LogP contribution in [0, 0.1) is 6.92 Å². The molecule has 3 aromatic carbocycles. The van der Waals surface area contributed by atoms with Gasteiger partial charge in [0.15, 0.2) is 5.76 Å². The molecule has 0 saturated carbocycles. The van der Waals surface area contributed by atoms with Gasteiger partial charge in [0, 0.05) is 11.9 Å². The topological polar surface area (TPSA) is 89.3 Å².